The molecular formula is C19H21N3O4S. The number of aryl methyl sites for hydroxylation is 1. The van der Waals surface area contributed by atoms with Gasteiger partial charge in [0.25, 0.3) is 10.0 Å². The van der Waals surface area contributed by atoms with Crippen molar-refractivity contribution in [3.8, 4) is 0 Å². The van der Waals surface area contributed by atoms with Gasteiger partial charge in [-0.1, -0.05) is 25.5 Å². The number of ether oxygens (including phenoxy) is 1. The number of sulfonamides is 1. The van der Waals surface area contributed by atoms with Crippen molar-refractivity contribution in [2.75, 3.05) is 11.3 Å². The van der Waals surface area contributed by atoms with Gasteiger partial charge in [0.2, 0.25) is 0 Å². The summed E-state index contributed by atoms with van der Waals surface area (Å²) in [5.74, 6) is -0.501. The Kier molecular flexibility index (Phi) is 5.46. The molecule has 0 radical (unpaired) electrons. The lowest BCUT2D eigenvalue weighted by Gasteiger charge is -2.09. The number of aromatic nitrogens is 2. The minimum Gasteiger partial charge on any atom is -0.462 e. The first-order valence-electron chi connectivity index (χ1n) is 8.71. The number of nitrogens with one attached hydrogen (secondary N) is 1. The fourth-order valence-corrected chi connectivity index (χ4v) is 3.80. The van der Waals surface area contributed by atoms with Crippen LogP contribution >= 0.6 is 0 Å². The molecule has 8 heteroatoms. The Bertz CT molecular complexity index is 1060. The SMILES string of the molecule is CCCc1ccc(S(=O)(=O)Nc2ccn3ncc(C(=O)OCC)c3c2)cc1. The summed E-state index contributed by atoms with van der Waals surface area (Å²) in [6.07, 6.45) is 4.89. The highest BCUT2D eigenvalue weighted by Crippen LogP contribution is 2.21. The van der Waals surface area contributed by atoms with E-state index in [4.69, 9.17) is 4.74 Å². The molecule has 0 amide bonds. The maximum atomic E-state index is 12.6. The number of hydrogen-bond donors (Lipinski definition) is 1. The number of carbonyl (C=O) groups is 1. The summed E-state index contributed by atoms with van der Waals surface area (Å²) < 4.78 is 34.3. The number of pyridine rings is 1. The van der Waals surface area contributed by atoms with Crippen LogP contribution in [0.15, 0.2) is 53.7 Å². The molecule has 7 nitrogen and oxygen atoms in total. The lowest BCUT2D eigenvalue weighted by Crippen LogP contribution is -2.13. The van der Waals surface area contributed by atoms with Crippen LogP contribution in [0.1, 0.15) is 36.2 Å². The number of hydrogen-bond acceptors (Lipinski definition) is 5. The highest BCUT2D eigenvalue weighted by atomic mass is 32.2. The van der Waals surface area contributed by atoms with Gasteiger partial charge in [0.1, 0.15) is 5.56 Å². The van der Waals surface area contributed by atoms with Crippen molar-refractivity contribution in [1.82, 2.24) is 9.61 Å². The van der Waals surface area contributed by atoms with Crippen molar-refractivity contribution in [2.45, 2.75) is 31.6 Å². The molecule has 0 unspecified atom stereocenters. The summed E-state index contributed by atoms with van der Waals surface area (Å²) in [5.41, 5.74) is 2.18. The van der Waals surface area contributed by atoms with Crippen molar-refractivity contribution >= 4 is 27.2 Å². The molecule has 142 valence electrons. The quantitative estimate of drug-likeness (QED) is 0.629. The molecule has 3 rings (SSSR count). The molecule has 0 saturated carbocycles. The predicted molar refractivity (Wildman–Crippen MR) is 102 cm³/mol. The molecule has 0 fully saturated rings. The summed E-state index contributed by atoms with van der Waals surface area (Å²) >= 11 is 0. The Balaban J connectivity index is 1.88. The third kappa shape index (κ3) is 4.11. The molecule has 3 aromatic rings. The van der Waals surface area contributed by atoms with Crippen LogP contribution in [0.2, 0.25) is 0 Å². The number of fused-ring (bicyclic) bond motifs is 1. The van der Waals surface area contributed by atoms with Gasteiger partial charge in [-0.3, -0.25) is 4.72 Å². The first-order chi connectivity index (χ1) is 12.9. The van der Waals surface area contributed by atoms with Crippen LogP contribution in [-0.2, 0) is 21.2 Å². The summed E-state index contributed by atoms with van der Waals surface area (Å²) in [5, 5.41) is 4.08. The molecular weight excluding hydrogens is 366 g/mol. The predicted octanol–water partition coefficient (Wildman–Crippen LogP) is 3.26. The van der Waals surface area contributed by atoms with Crippen LogP contribution in [-0.4, -0.2) is 30.6 Å². The van der Waals surface area contributed by atoms with Gasteiger partial charge >= 0.3 is 5.97 Å². The second-order valence-corrected chi connectivity index (χ2v) is 7.71. The molecule has 0 bridgehead atoms. The highest BCUT2D eigenvalue weighted by molar-refractivity contribution is 7.92. The number of esters is 1. The van der Waals surface area contributed by atoms with E-state index in [2.05, 4.69) is 16.7 Å². The van der Waals surface area contributed by atoms with Crippen LogP contribution in [0.25, 0.3) is 5.52 Å². The smallest absolute Gasteiger partial charge is 0.341 e. The van der Waals surface area contributed by atoms with Crippen LogP contribution in [0.5, 0.6) is 0 Å². The van der Waals surface area contributed by atoms with Crippen LogP contribution < -0.4 is 4.72 Å². The lowest BCUT2D eigenvalue weighted by molar-refractivity contribution is 0.0528. The van der Waals surface area contributed by atoms with Gasteiger partial charge in [-0.05, 0) is 43.2 Å². The van der Waals surface area contributed by atoms with Gasteiger partial charge in [0, 0.05) is 6.20 Å². The Morgan fingerprint density at radius 1 is 1.19 bits per heavy atom. The molecule has 2 aromatic heterocycles. The standard InChI is InChI=1S/C19H21N3O4S/c1-3-5-14-6-8-16(9-7-14)27(24,25)21-15-10-11-22-18(12-15)17(13-20-22)19(23)26-4-2/h6-13,21H,3-5H2,1-2H3. The van der Waals surface area contributed by atoms with Gasteiger partial charge in [-0.25, -0.2) is 17.7 Å². The Hall–Kier alpha value is -2.87. The topological polar surface area (TPSA) is 89.8 Å². The Labute approximate surface area is 158 Å². The Morgan fingerprint density at radius 2 is 1.93 bits per heavy atom. The second-order valence-electron chi connectivity index (χ2n) is 6.02. The van der Waals surface area contributed by atoms with Crippen molar-refractivity contribution in [3.05, 3.63) is 59.9 Å². The average molecular weight is 387 g/mol. The molecule has 1 N–H and O–H groups in total. The summed E-state index contributed by atoms with van der Waals surface area (Å²) in [6, 6.07) is 9.96. The minimum absolute atomic E-state index is 0.182. The number of nitrogens with zero attached hydrogens (tertiary/aromatic N) is 2. The maximum Gasteiger partial charge on any atom is 0.341 e. The van der Waals surface area contributed by atoms with E-state index in [1.807, 2.05) is 12.1 Å². The number of carbonyl (C=O) groups excluding carboxylic acids is 1. The zero-order valence-electron chi connectivity index (χ0n) is 15.2. The number of benzene rings is 1. The van der Waals surface area contributed by atoms with Crippen molar-refractivity contribution in [1.29, 1.82) is 0 Å². The molecule has 0 spiro atoms. The van der Waals surface area contributed by atoms with E-state index in [0.717, 1.165) is 18.4 Å². The fraction of sp³-hybridized carbons (Fsp3) is 0.263. The fourth-order valence-electron chi connectivity index (χ4n) is 2.75. The zero-order chi connectivity index (χ0) is 19.4. The van der Waals surface area contributed by atoms with Gasteiger partial charge in [0.05, 0.1) is 28.9 Å². The lowest BCUT2D eigenvalue weighted by atomic mass is 10.1. The number of rotatable bonds is 7. The molecule has 0 aliphatic rings. The van der Waals surface area contributed by atoms with E-state index in [0.29, 0.717) is 11.2 Å². The molecule has 0 aliphatic heterocycles. The molecule has 0 atom stereocenters. The van der Waals surface area contributed by atoms with Gasteiger partial charge < -0.3 is 4.74 Å². The summed E-state index contributed by atoms with van der Waals surface area (Å²) in [4.78, 5) is 12.2. The first-order valence-corrected chi connectivity index (χ1v) is 10.2. The van der Waals surface area contributed by atoms with Crippen molar-refractivity contribution in [2.24, 2.45) is 0 Å². The minimum atomic E-state index is -3.74. The van der Waals surface area contributed by atoms with E-state index < -0.39 is 16.0 Å². The monoisotopic (exact) mass is 387 g/mol. The summed E-state index contributed by atoms with van der Waals surface area (Å²) in [6.45, 7) is 4.04. The van der Waals surface area contributed by atoms with E-state index in [-0.39, 0.29) is 17.1 Å². The molecule has 0 aliphatic carbocycles. The van der Waals surface area contributed by atoms with E-state index in [9.17, 15) is 13.2 Å². The van der Waals surface area contributed by atoms with Crippen molar-refractivity contribution < 1.29 is 17.9 Å². The number of anilines is 1. The molecule has 0 saturated heterocycles. The van der Waals surface area contributed by atoms with Crippen LogP contribution in [0, 0.1) is 0 Å². The zero-order valence-corrected chi connectivity index (χ0v) is 16.0. The molecule has 1 aromatic carbocycles. The first kappa shape index (κ1) is 18.9. The van der Waals surface area contributed by atoms with E-state index in [1.165, 1.54) is 10.7 Å². The Morgan fingerprint density at radius 3 is 2.59 bits per heavy atom. The van der Waals surface area contributed by atoms with Gasteiger partial charge in [-0.2, -0.15) is 5.10 Å². The molecule has 27 heavy (non-hydrogen) atoms. The van der Waals surface area contributed by atoms with E-state index >= 15 is 0 Å². The van der Waals surface area contributed by atoms with Crippen LogP contribution in [0.4, 0.5) is 5.69 Å². The average Bonchev–Trinajstić information content (AvgIpc) is 3.05. The summed E-state index contributed by atoms with van der Waals surface area (Å²) in [7, 11) is -3.74. The van der Waals surface area contributed by atoms with Gasteiger partial charge in [-0.15, -0.1) is 0 Å². The maximum absolute atomic E-state index is 12.6. The van der Waals surface area contributed by atoms with E-state index in [1.54, 1.807) is 37.4 Å². The van der Waals surface area contributed by atoms with Crippen LogP contribution in [0.3, 0.4) is 0 Å². The third-order valence-corrected chi connectivity index (χ3v) is 5.44. The second kappa shape index (κ2) is 7.79. The van der Waals surface area contributed by atoms with Crippen molar-refractivity contribution in [3.63, 3.8) is 0 Å². The highest BCUT2D eigenvalue weighted by Gasteiger charge is 2.17. The largest absolute Gasteiger partial charge is 0.462 e. The van der Waals surface area contributed by atoms with Gasteiger partial charge in [0.15, 0.2) is 0 Å². The third-order valence-electron chi connectivity index (χ3n) is 4.04. The molecule has 2 heterocycles. The normalized spacial score (nSPS) is 11.5.